The van der Waals surface area contributed by atoms with Crippen molar-refractivity contribution in [1.29, 1.82) is 0 Å². The third-order valence-electron chi connectivity index (χ3n) is 5.43. The molecule has 0 aliphatic carbocycles. The highest BCUT2D eigenvalue weighted by Crippen LogP contribution is 2.05. The summed E-state index contributed by atoms with van der Waals surface area (Å²) < 4.78 is 0. The molecule has 0 radical (unpaired) electrons. The van der Waals surface area contributed by atoms with Crippen LogP contribution in [0.15, 0.2) is 85.1 Å². The van der Waals surface area contributed by atoms with Crippen LogP contribution in [0, 0.1) is 0 Å². The molecule has 0 rings (SSSR count). The fourth-order valence-electron chi connectivity index (χ4n) is 3.32. The average molecular weight is 498 g/mol. The lowest BCUT2D eigenvalue weighted by Gasteiger charge is -2.19. The van der Waals surface area contributed by atoms with Crippen molar-refractivity contribution in [1.82, 2.24) is 5.32 Å². The van der Waals surface area contributed by atoms with Crippen LogP contribution in [0.1, 0.15) is 90.9 Å². The lowest BCUT2D eigenvalue weighted by atomic mass is 10.1. The molecule has 0 aromatic rings. The fraction of sp³-hybridized carbons (Fsp3) is 0.531. The zero-order chi connectivity index (χ0) is 26.5. The second kappa shape index (κ2) is 27.2. The number of rotatable bonds is 22. The third kappa shape index (κ3) is 23.3. The lowest BCUT2D eigenvalue weighted by molar-refractivity contribution is -0.123. The van der Waals surface area contributed by atoms with Gasteiger partial charge in [0.2, 0.25) is 5.91 Å². The molecule has 0 saturated heterocycles. The Morgan fingerprint density at radius 3 is 1.83 bits per heavy atom. The Hall–Kier alpha value is -2.43. The Labute approximate surface area is 221 Å². The standard InChI is InChI=1S/C32H51NO3/c1-3-5-7-9-11-13-14-15-16-17-18-20-22-24-26-28-32(36)33-30(29-34)31(35)27-25-23-21-19-12-10-8-6-4-2/h4-7,11-13,15-16,18-20,25,27,30-31,34-35H,3,8-10,14,17,21-24,26,28-29H2,1-2H3,(H,33,36)/b6-4+,7-5-,13-11-,16-15-,19-12+,20-18-,27-25+. The molecule has 202 valence electrons. The molecule has 0 bridgehead atoms. The maximum Gasteiger partial charge on any atom is 0.220 e. The van der Waals surface area contributed by atoms with Crippen molar-refractivity contribution < 1.29 is 15.0 Å². The highest BCUT2D eigenvalue weighted by Gasteiger charge is 2.17. The van der Waals surface area contributed by atoms with Gasteiger partial charge in [0, 0.05) is 6.42 Å². The van der Waals surface area contributed by atoms with Gasteiger partial charge in [0.15, 0.2) is 0 Å². The van der Waals surface area contributed by atoms with E-state index in [9.17, 15) is 15.0 Å². The number of aliphatic hydroxyl groups excluding tert-OH is 2. The van der Waals surface area contributed by atoms with Crippen LogP contribution in [0.3, 0.4) is 0 Å². The SMILES string of the molecule is C/C=C/CC/C=C/CC/C=C/C(O)C(CO)NC(=O)CCCC/C=C\C/C=C\C/C=C\C/C=C\CC. The van der Waals surface area contributed by atoms with E-state index in [0.717, 1.165) is 70.6 Å². The lowest BCUT2D eigenvalue weighted by Crippen LogP contribution is -2.45. The number of nitrogens with one attached hydrogen (secondary N) is 1. The first-order valence-electron chi connectivity index (χ1n) is 13.8. The number of allylic oxidation sites excluding steroid dienone is 13. The largest absolute Gasteiger partial charge is 0.394 e. The fourth-order valence-corrected chi connectivity index (χ4v) is 3.32. The summed E-state index contributed by atoms with van der Waals surface area (Å²) in [6.45, 7) is 3.88. The molecule has 2 atom stereocenters. The van der Waals surface area contributed by atoms with Crippen molar-refractivity contribution in [3.05, 3.63) is 85.1 Å². The Morgan fingerprint density at radius 1 is 0.722 bits per heavy atom. The molecular formula is C32H51NO3. The third-order valence-corrected chi connectivity index (χ3v) is 5.43. The summed E-state index contributed by atoms with van der Waals surface area (Å²) in [4.78, 5) is 12.2. The summed E-state index contributed by atoms with van der Waals surface area (Å²) in [5.74, 6) is -0.129. The summed E-state index contributed by atoms with van der Waals surface area (Å²) in [6, 6.07) is -0.667. The summed E-state index contributed by atoms with van der Waals surface area (Å²) in [6.07, 6.45) is 39.5. The van der Waals surface area contributed by atoms with Crippen molar-refractivity contribution in [2.24, 2.45) is 0 Å². The maximum absolute atomic E-state index is 12.2. The maximum atomic E-state index is 12.2. The van der Waals surface area contributed by atoms with Crippen molar-refractivity contribution >= 4 is 5.91 Å². The van der Waals surface area contributed by atoms with Crippen LogP contribution in [-0.2, 0) is 4.79 Å². The minimum atomic E-state index is -0.887. The topological polar surface area (TPSA) is 69.6 Å². The molecule has 0 heterocycles. The number of carbonyl (C=O) groups excluding carboxylic acids is 1. The Balaban J connectivity index is 3.90. The van der Waals surface area contributed by atoms with E-state index in [4.69, 9.17) is 0 Å². The van der Waals surface area contributed by atoms with Gasteiger partial charge in [-0.15, -0.1) is 0 Å². The number of unbranched alkanes of at least 4 members (excludes halogenated alkanes) is 4. The molecule has 4 heteroatoms. The van der Waals surface area contributed by atoms with Crippen molar-refractivity contribution in [2.45, 2.75) is 103 Å². The Bertz CT molecular complexity index is 713. The zero-order valence-electron chi connectivity index (χ0n) is 22.7. The highest BCUT2D eigenvalue weighted by molar-refractivity contribution is 5.76. The van der Waals surface area contributed by atoms with E-state index in [1.807, 2.05) is 13.0 Å². The Kier molecular flexibility index (Phi) is 25.3. The van der Waals surface area contributed by atoms with Gasteiger partial charge in [-0.05, 0) is 77.6 Å². The highest BCUT2D eigenvalue weighted by atomic mass is 16.3. The van der Waals surface area contributed by atoms with Crippen LogP contribution >= 0.6 is 0 Å². The number of hydrogen-bond donors (Lipinski definition) is 3. The number of hydrogen-bond acceptors (Lipinski definition) is 3. The molecule has 0 aromatic carbocycles. The quantitative estimate of drug-likeness (QED) is 0.108. The minimum Gasteiger partial charge on any atom is -0.394 e. The smallest absolute Gasteiger partial charge is 0.220 e. The molecule has 1 amide bonds. The second-order valence-electron chi connectivity index (χ2n) is 8.72. The molecule has 0 saturated carbocycles. The van der Waals surface area contributed by atoms with Gasteiger partial charge in [-0.3, -0.25) is 4.79 Å². The second-order valence-corrected chi connectivity index (χ2v) is 8.72. The molecule has 0 aliphatic heterocycles. The van der Waals surface area contributed by atoms with Gasteiger partial charge in [-0.1, -0.05) is 92.0 Å². The predicted molar refractivity (Wildman–Crippen MR) is 156 cm³/mol. The molecule has 0 fully saturated rings. The van der Waals surface area contributed by atoms with Crippen molar-refractivity contribution in [3.63, 3.8) is 0 Å². The van der Waals surface area contributed by atoms with Crippen LogP contribution < -0.4 is 5.32 Å². The van der Waals surface area contributed by atoms with Crippen molar-refractivity contribution in [3.8, 4) is 0 Å². The van der Waals surface area contributed by atoms with Crippen molar-refractivity contribution in [2.75, 3.05) is 6.61 Å². The minimum absolute atomic E-state index is 0.129. The van der Waals surface area contributed by atoms with Crippen LogP contribution in [0.25, 0.3) is 0 Å². The number of aliphatic hydroxyl groups is 2. The normalized spacial score (nSPS) is 14.7. The summed E-state index contributed by atoms with van der Waals surface area (Å²) in [7, 11) is 0. The summed E-state index contributed by atoms with van der Waals surface area (Å²) in [5, 5.41) is 22.5. The molecule has 0 aromatic heterocycles. The monoisotopic (exact) mass is 497 g/mol. The summed E-state index contributed by atoms with van der Waals surface area (Å²) >= 11 is 0. The van der Waals surface area contributed by atoms with E-state index in [1.54, 1.807) is 6.08 Å². The average Bonchev–Trinajstić information content (AvgIpc) is 2.88. The van der Waals surface area contributed by atoms with E-state index in [2.05, 4.69) is 85.2 Å². The molecular weight excluding hydrogens is 446 g/mol. The first kappa shape index (κ1) is 33.6. The van der Waals surface area contributed by atoms with Gasteiger partial charge < -0.3 is 15.5 Å². The number of carbonyl (C=O) groups is 1. The van der Waals surface area contributed by atoms with E-state index in [-0.39, 0.29) is 12.5 Å². The van der Waals surface area contributed by atoms with Crippen LogP contribution in [0.2, 0.25) is 0 Å². The molecule has 3 N–H and O–H groups in total. The van der Waals surface area contributed by atoms with E-state index in [1.165, 1.54) is 0 Å². The zero-order valence-corrected chi connectivity index (χ0v) is 22.7. The van der Waals surface area contributed by atoms with Gasteiger partial charge in [0.05, 0.1) is 18.8 Å². The van der Waals surface area contributed by atoms with Gasteiger partial charge in [0.25, 0.3) is 0 Å². The molecule has 0 spiro atoms. The molecule has 0 aliphatic rings. The van der Waals surface area contributed by atoms with Gasteiger partial charge in [0.1, 0.15) is 0 Å². The first-order valence-corrected chi connectivity index (χ1v) is 13.8. The Morgan fingerprint density at radius 2 is 1.25 bits per heavy atom. The van der Waals surface area contributed by atoms with Crippen LogP contribution in [0.4, 0.5) is 0 Å². The van der Waals surface area contributed by atoms with Gasteiger partial charge in [-0.2, -0.15) is 0 Å². The summed E-state index contributed by atoms with van der Waals surface area (Å²) in [5.41, 5.74) is 0. The van der Waals surface area contributed by atoms with Gasteiger partial charge in [-0.25, -0.2) is 0 Å². The first-order chi connectivity index (χ1) is 17.7. The van der Waals surface area contributed by atoms with E-state index in [0.29, 0.717) is 6.42 Å². The predicted octanol–water partition coefficient (Wildman–Crippen LogP) is 7.44. The van der Waals surface area contributed by atoms with E-state index >= 15 is 0 Å². The molecule has 2 unspecified atom stereocenters. The van der Waals surface area contributed by atoms with Crippen LogP contribution in [-0.4, -0.2) is 34.9 Å². The van der Waals surface area contributed by atoms with E-state index < -0.39 is 12.1 Å². The molecule has 36 heavy (non-hydrogen) atoms. The van der Waals surface area contributed by atoms with Crippen LogP contribution in [0.5, 0.6) is 0 Å². The molecule has 4 nitrogen and oxygen atoms in total. The van der Waals surface area contributed by atoms with Gasteiger partial charge >= 0.3 is 0 Å². The number of amides is 1.